The molecule has 0 radical (unpaired) electrons. The number of hydrogen-bond acceptors (Lipinski definition) is 2. The highest BCUT2D eigenvalue weighted by atomic mass is 15.1. The van der Waals surface area contributed by atoms with Crippen LogP contribution in [0.2, 0.25) is 0 Å². The molecule has 0 aromatic heterocycles. The number of nitrogens with zero attached hydrogens (tertiary/aromatic N) is 2. The summed E-state index contributed by atoms with van der Waals surface area (Å²) in [4.78, 5) is 2.59. The lowest BCUT2D eigenvalue weighted by Gasteiger charge is -2.58. The predicted molar refractivity (Wildman–Crippen MR) is 79.5 cm³/mol. The molecule has 1 aromatic rings. The Kier molecular flexibility index (Phi) is 2.69. The molecular formula is C18H22N2. The number of piperidine rings is 1. The molecule has 4 rings (SSSR count). The summed E-state index contributed by atoms with van der Waals surface area (Å²) >= 11 is 0. The van der Waals surface area contributed by atoms with Crippen molar-refractivity contribution >= 4 is 0 Å². The Bertz CT molecular complexity index is 586. The molecule has 1 aliphatic heterocycles. The van der Waals surface area contributed by atoms with Gasteiger partial charge in [-0.2, -0.15) is 5.26 Å². The summed E-state index contributed by atoms with van der Waals surface area (Å²) in [6.45, 7) is 1.22. The van der Waals surface area contributed by atoms with Crippen LogP contribution in [-0.2, 0) is 11.8 Å². The van der Waals surface area contributed by atoms with Crippen molar-refractivity contribution in [1.29, 1.82) is 5.26 Å². The van der Waals surface area contributed by atoms with E-state index in [1.807, 2.05) is 6.07 Å². The quantitative estimate of drug-likeness (QED) is 0.721. The molecule has 2 aliphatic carbocycles. The summed E-state index contributed by atoms with van der Waals surface area (Å²) in [5.74, 6) is 0.816. The van der Waals surface area contributed by atoms with Crippen molar-refractivity contribution < 1.29 is 0 Å². The lowest BCUT2D eigenvalue weighted by Crippen LogP contribution is -2.59. The van der Waals surface area contributed by atoms with E-state index in [1.54, 1.807) is 0 Å². The topological polar surface area (TPSA) is 27.0 Å². The Hall–Kier alpha value is -1.33. The highest BCUT2D eigenvalue weighted by Gasteiger charge is 2.52. The number of nitriles is 1. The second-order valence-corrected chi connectivity index (χ2v) is 6.99. The summed E-state index contributed by atoms with van der Waals surface area (Å²) in [5.41, 5.74) is 4.28. The maximum absolute atomic E-state index is 9.24. The van der Waals surface area contributed by atoms with Crippen LogP contribution in [-0.4, -0.2) is 24.5 Å². The van der Waals surface area contributed by atoms with Crippen molar-refractivity contribution in [3.63, 3.8) is 0 Å². The molecule has 0 amide bonds. The first-order valence-electron chi connectivity index (χ1n) is 7.98. The number of benzene rings is 1. The van der Waals surface area contributed by atoms with E-state index in [0.29, 0.717) is 5.41 Å². The third-order valence-electron chi connectivity index (χ3n) is 6.24. The van der Waals surface area contributed by atoms with Gasteiger partial charge < -0.3 is 4.90 Å². The van der Waals surface area contributed by atoms with Gasteiger partial charge in [-0.05, 0) is 68.5 Å². The van der Waals surface area contributed by atoms with Crippen LogP contribution in [0.4, 0.5) is 0 Å². The molecule has 20 heavy (non-hydrogen) atoms. The molecule has 2 bridgehead atoms. The number of likely N-dealkylation sites (tertiary alicyclic amines) is 1. The first-order chi connectivity index (χ1) is 9.74. The van der Waals surface area contributed by atoms with Crippen molar-refractivity contribution in [3.05, 3.63) is 34.9 Å². The van der Waals surface area contributed by atoms with E-state index in [9.17, 15) is 5.26 Å². The molecule has 1 saturated heterocycles. The highest BCUT2D eigenvalue weighted by molar-refractivity contribution is 5.46. The van der Waals surface area contributed by atoms with Crippen LogP contribution in [0.5, 0.6) is 0 Å². The molecule has 3 aliphatic rings. The minimum absolute atomic E-state index is 0.385. The Morgan fingerprint density at radius 1 is 1.30 bits per heavy atom. The van der Waals surface area contributed by atoms with Crippen LogP contribution in [0.25, 0.3) is 0 Å². The van der Waals surface area contributed by atoms with Crippen LogP contribution in [0, 0.1) is 17.2 Å². The number of hydrogen-bond donors (Lipinski definition) is 0. The Morgan fingerprint density at radius 2 is 2.20 bits per heavy atom. The SMILES string of the molecule is CN1CC[C@@]23CCCC[C@H]2[C@@H]1Cc1ccc(C#N)cc13. The van der Waals surface area contributed by atoms with Crippen molar-refractivity contribution in [1.82, 2.24) is 4.90 Å². The Labute approximate surface area is 121 Å². The third kappa shape index (κ3) is 1.53. The molecule has 1 heterocycles. The van der Waals surface area contributed by atoms with E-state index in [1.165, 1.54) is 56.2 Å². The fourth-order valence-electron chi connectivity index (χ4n) is 5.27. The van der Waals surface area contributed by atoms with E-state index in [0.717, 1.165) is 17.5 Å². The van der Waals surface area contributed by atoms with Gasteiger partial charge in [-0.3, -0.25) is 0 Å². The van der Waals surface area contributed by atoms with Crippen molar-refractivity contribution in [3.8, 4) is 6.07 Å². The fourth-order valence-corrected chi connectivity index (χ4v) is 5.27. The second kappa shape index (κ2) is 4.33. The number of fused-ring (bicyclic) bond motifs is 1. The van der Waals surface area contributed by atoms with Crippen LogP contribution in [0.3, 0.4) is 0 Å². The van der Waals surface area contributed by atoms with Gasteiger partial charge in [0.05, 0.1) is 11.6 Å². The van der Waals surface area contributed by atoms with Crippen LogP contribution >= 0.6 is 0 Å². The standard InChI is InChI=1S/C18H22N2/c1-20-9-8-18-7-3-2-4-15(18)17(20)11-14-6-5-13(12-19)10-16(14)18/h5-6,10,15,17H,2-4,7-9,11H2,1H3/t15-,17-,18-/m0/s1. The molecular weight excluding hydrogens is 244 g/mol. The zero-order chi connectivity index (χ0) is 13.7. The van der Waals surface area contributed by atoms with E-state index in [-0.39, 0.29) is 0 Å². The van der Waals surface area contributed by atoms with E-state index in [4.69, 9.17) is 0 Å². The molecule has 1 saturated carbocycles. The zero-order valence-corrected chi connectivity index (χ0v) is 12.2. The summed E-state index contributed by atoms with van der Waals surface area (Å²) in [7, 11) is 2.30. The van der Waals surface area contributed by atoms with E-state index < -0.39 is 0 Å². The monoisotopic (exact) mass is 266 g/mol. The molecule has 1 aromatic carbocycles. The van der Waals surface area contributed by atoms with Crippen LogP contribution in [0.1, 0.15) is 48.8 Å². The molecule has 3 atom stereocenters. The maximum atomic E-state index is 9.24. The van der Waals surface area contributed by atoms with Gasteiger partial charge in [-0.1, -0.05) is 18.9 Å². The molecule has 0 spiro atoms. The minimum atomic E-state index is 0.385. The average Bonchev–Trinajstić information content (AvgIpc) is 2.50. The van der Waals surface area contributed by atoms with Gasteiger partial charge in [0.15, 0.2) is 0 Å². The van der Waals surface area contributed by atoms with E-state index in [2.05, 4.69) is 30.1 Å². The normalized spacial score (nSPS) is 35.8. The van der Waals surface area contributed by atoms with Crippen LogP contribution < -0.4 is 0 Å². The molecule has 2 fully saturated rings. The lowest BCUT2D eigenvalue weighted by molar-refractivity contribution is 0.00285. The summed E-state index contributed by atoms with van der Waals surface area (Å²) in [5, 5.41) is 9.24. The van der Waals surface area contributed by atoms with Gasteiger partial charge in [0.1, 0.15) is 0 Å². The summed E-state index contributed by atoms with van der Waals surface area (Å²) < 4.78 is 0. The number of likely N-dealkylation sites (N-methyl/N-ethyl adjacent to an activating group) is 1. The first kappa shape index (κ1) is 12.4. The smallest absolute Gasteiger partial charge is 0.0991 e. The molecule has 2 heteroatoms. The van der Waals surface area contributed by atoms with E-state index >= 15 is 0 Å². The molecule has 104 valence electrons. The predicted octanol–water partition coefficient (Wildman–Crippen LogP) is 3.25. The van der Waals surface area contributed by atoms with Gasteiger partial charge >= 0.3 is 0 Å². The molecule has 0 N–H and O–H groups in total. The number of rotatable bonds is 0. The highest BCUT2D eigenvalue weighted by Crippen LogP contribution is 2.55. The van der Waals surface area contributed by atoms with Crippen LogP contribution in [0.15, 0.2) is 18.2 Å². The zero-order valence-electron chi connectivity index (χ0n) is 12.2. The van der Waals surface area contributed by atoms with Crippen molar-refractivity contribution in [2.45, 2.75) is 50.0 Å². The van der Waals surface area contributed by atoms with Gasteiger partial charge in [0.25, 0.3) is 0 Å². The average molecular weight is 266 g/mol. The fraction of sp³-hybridized carbons (Fsp3) is 0.611. The maximum Gasteiger partial charge on any atom is 0.0991 e. The summed E-state index contributed by atoms with van der Waals surface area (Å²) in [6, 6.07) is 9.52. The van der Waals surface area contributed by atoms with Gasteiger partial charge in [-0.25, -0.2) is 0 Å². The first-order valence-corrected chi connectivity index (χ1v) is 7.98. The van der Waals surface area contributed by atoms with Crippen molar-refractivity contribution in [2.24, 2.45) is 5.92 Å². The largest absolute Gasteiger partial charge is 0.303 e. The van der Waals surface area contributed by atoms with Gasteiger partial charge in [-0.15, -0.1) is 0 Å². The minimum Gasteiger partial charge on any atom is -0.303 e. The summed E-state index contributed by atoms with van der Waals surface area (Å²) in [6.07, 6.45) is 7.94. The van der Waals surface area contributed by atoms with Gasteiger partial charge in [0.2, 0.25) is 0 Å². The second-order valence-electron chi connectivity index (χ2n) is 6.99. The Morgan fingerprint density at radius 3 is 3.05 bits per heavy atom. The molecule has 2 nitrogen and oxygen atoms in total. The lowest BCUT2D eigenvalue weighted by atomic mass is 9.52. The van der Waals surface area contributed by atoms with Crippen molar-refractivity contribution in [2.75, 3.05) is 13.6 Å². The third-order valence-corrected chi connectivity index (χ3v) is 6.24. The Balaban J connectivity index is 1.91. The molecule has 0 unspecified atom stereocenters. The van der Waals surface area contributed by atoms with Gasteiger partial charge in [0, 0.05) is 11.5 Å².